The van der Waals surface area contributed by atoms with Gasteiger partial charge < -0.3 is 4.90 Å². The Bertz CT molecular complexity index is 850. The number of fused-ring (bicyclic) bond motifs is 1. The monoisotopic (exact) mass is 377 g/mol. The van der Waals surface area contributed by atoms with Crippen molar-refractivity contribution in [2.45, 2.75) is 18.1 Å². The molecule has 4 rings (SSSR count). The first-order valence-corrected chi connectivity index (χ1v) is 10.1. The SMILES string of the molecule is O=C(CN1C(=O)c2ccccc2C1=O)N1CCN(S(=O)(=O)C2CC2)CC1. The van der Waals surface area contributed by atoms with Gasteiger partial charge in [-0.05, 0) is 25.0 Å². The van der Waals surface area contributed by atoms with E-state index in [4.69, 9.17) is 0 Å². The van der Waals surface area contributed by atoms with E-state index < -0.39 is 21.8 Å². The first-order chi connectivity index (χ1) is 12.4. The van der Waals surface area contributed by atoms with Crippen LogP contribution in [0, 0.1) is 0 Å². The van der Waals surface area contributed by atoms with E-state index in [2.05, 4.69) is 0 Å². The Labute approximate surface area is 151 Å². The lowest BCUT2D eigenvalue weighted by molar-refractivity contribution is -0.132. The average Bonchev–Trinajstić information content (AvgIpc) is 3.48. The van der Waals surface area contributed by atoms with E-state index in [1.165, 1.54) is 9.21 Å². The van der Waals surface area contributed by atoms with Gasteiger partial charge in [0, 0.05) is 26.2 Å². The highest BCUT2D eigenvalue weighted by molar-refractivity contribution is 7.90. The highest BCUT2D eigenvalue weighted by atomic mass is 32.2. The van der Waals surface area contributed by atoms with E-state index in [0.717, 1.165) is 4.90 Å². The fourth-order valence-corrected chi connectivity index (χ4v) is 5.21. The van der Waals surface area contributed by atoms with Gasteiger partial charge >= 0.3 is 0 Å². The maximum Gasteiger partial charge on any atom is 0.262 e. The summed E-state index contributed by atoms with van der Waals surface area (Å²) in [7, 11) is -3.24. The molecule has 2 fully saturated rings. The van der Waals surface area contributed by atoms with Crippen molar-refractivity contribution in [3.63, 3.8) is 0 Å². The van der Waals surface area contributed by atoms with E-state index >= 15 is 0 Å². The molecule has 0 unspecified atom stereocenters. The van der Waals surface area contributed by atoms with Gasteiger partial charge in [0.2, 0.25) is 15.9 Å². The molecule has 2 heterocycles. The molecule has 0 radical (unpaired) electrons. The van der Waals surface area contributed by atoms with Gasteiger partial charge in [-0.3, -0.25) is 19.3 Å². The molecule has 2 aliphatic heterocycles. The Hall–Kier alpha value is -2.26. The maximum absolute atomic E-state index is 12.5. The Morgan fingerprint density at radius 3 is 2.00 bits per heavy atom. The normalized spacial score (nSPS) is 21.2. The van der Waals surface area contributed by atoms with Crippen LogP contribution in [0.2, 0.25) is 0 Å². The van der Waals surface area contributed by atoms with Crippen LogP contribution in [0.5, 0.6) is 0 Å². The molecule has 3 amide bonds. The smallest absolute Gasteiger partial charge is 0.262 e. The summed E-state index contributed by atoms with van der Waals surface area (Å²) in [5, 5.41) is -0.261. The zero-order valence-corrected chi connectivity index (χ0v) is 14.9. The van der Waals surface area contributed by atoms with E-state index in [0.29, 0.717) is 24.0 Å². The second-order valence-electron chi connectivity index (χ2n) is 6.77. The molecule has 9 heteroatoms. The molecule has 8 nitrogen and oxygen atoms in total. The zero-order valence-electron chi connectivity index (χ0n) is 14.1. The molecule has 26 heavy (non-hydrogen) atoms. The van der Waals surface area contributed by atoms with Crippen LogP contribution in [0.15, 0.2) is 24.3 Å². The van der Waals surface area contributed by atoms with Crippen molar-refractivity contribution >= 4 is 27.7 Å². The molecular formula is C17H19N3O5S. The largest absolute Gasteiger partial charge is 0.338 e. The Morgan fingerprint density at radius 1 is 0.962 bits per heavy atom. The minimum absolute atomic E-state index is 0.257. The number of nitrogens with zero attached hydrogens (tertiary/aromatic N) is 3. The van der Waals surface area contributed by atoms with Gasteiger partial charge in [-0.2, -0.15) is 4.31 Å². The van der Waals surface area contributed by atoms with Crippen molar-refractivity contribution in [2.75, 3.05) is 32.7 Å². The first kappa shape index (κ1) is 17.2. The summed E-state index contributed by atoms with van der Waals surface area (Å²) in [5.74, 6) is -1.27. The molecule has 0 atom stereocenters. The summed E-state index contributed by atoms with van der Waals surface area (Å²) in [6.07, 6.45) is 1.42. The van der Waals surface area contributed by atoms with E-state index in [1.54, 1.807) is 24.3 Å². The number of hydrogen-bond donors (Lipinski definition) is 0. The predicted molar refractivity (Wildman–Crippen MR) is 91.9 cm³/mol. The summed E-state index contributed by atoms with van der Waals surface area (Å²) in [4.78, 5) is 39.7. The third-order valence-corrected chi connectivity index (χ3v) is 7.47. The van der Waals surface area contributed by atoms with Crippen molar-refractivity contribution in [1.29, 1.82) is 0 Å². The first-order valence-electron chi connectivity index (χ1n) is 8.61. The number of hydrogen-bond acceptors (Lipinski definition) is 5. The third kappa shape index (κ3) is 2.80. The highest BCUT2D eigenvalue weighted by Crippen LogP contribution is 2.31. The summed E-state index contributed by atoms with van der Waals surface area (Å²) in [6.45, 7) is 0.739. The number of imide groups is 1. The summed E-state index contributed by atoms with van der Waals surface area (Å²) >= 11 is 0. The number of sulfonamides is 1. The lowest BCUT2D eigenvalue weighted by Crippen LogP contribution is -2.53. The minimum Gasteiger partial charge on any atom is -0.338 e. The summed E-state index contributed by atoms with van der Waals surface area (Å²) in [6, 6.07) is 6.49. The van der Waals surface area contributed by atoms with Gasteiger partial charge in [0.25, 0.3) is 11.8 Å². The lowest BCUT2D eigenvalue weighted by atomic mass is 10.1. The van der Waals surface area contributed by atoms with Gasteiger partial charge in [-0.25, -0.2) is 8.42 Å². The van der Waals surface area contributed by atoms with Gasteiger partial charge in [-0.1, -0.05) is 12.1 Å². The molecule has 1 aromatic rings. The number of carbonyl (C=O) groups excluding carboxylic acids is 3. The zero-order chi connectivity index (χ0) is 18.5. The van der Waals surface area contributed by atoms with Crippen LogP contribution >= 0.6 is 0 Å². The number of rotatable bonds is 4. The highest BCUT2D eigenvalue weighted by Gasteiger charge is 2.42. The van der Waals surface area contributed by atoms with Crippen LogP contribution in [0.3, 0.4) is 0 Å². The molecule has 1 saturated carbocycles. The second-order valence-corrected chi connectivity index (χ2v) is 8.98. The van der Waals surface area contributed by atoms with E-state index in [1.807, 2.05) is 0 Å². The summed E-state index contributed by atoms with van der Waals surface area (Å²) in [5.41, 5.74) is 0.622. The number of carbonyl (C=O) groups is 3. The number of benzene rings is 1. The minimum atomic E-state index is -3.24. The van der Waals surface area contributed by atoms with Crippen LogP contribution in [-0.4, -0.2) is 78.2 Å². The van der Waals surface area contributed by atoms with Gasteiger partial charge in [0.1, 0.15) is 6.54 Å². The molecule has 0 aromatic heterocycles. The molecular weight excluding hydrogens is 358 g/mol. The molecule has 0 bridgehead atoms. The standard InChI is InChI=1S/C17H19N3O5S/c21-15(11-20-16(22)13-3-1-2-4-14(13)17(20)23)18-7-9-19(10-8-18)26(24,25)12-5-6-12/h1-4,12H,5-11H2. The third-order valence-electron chi connectivity index (χ3n) is 5.07. The van der Waals surface area contributed by atoms with Crippen LogP contribution in [0.4, 0.5) is 0 Å². The van der Waals surface area contributed by atoms with Crippen LogP contribution in [0.1, 0.15) is 33.6 Å². The van der Waals surface area contributed by atoms with Gasteiger partial charge in [0.05, 0.1) is 16.4 Å². The van der Waals surface area contributed by atoms with Crippen molar-refractivity contribution in [3.8, 4) is 0 Å². The number of amides is 3. The molecule has 3 aliphatic rings. The average molecular weight is 377 g/mol. The molecule has 1 saturated heterocycles. The second kappa shape index (κ2) is 6.17. The molecule has 1 aliphatic carbocycles. The predicted octanol–water partition coefficient (Wildman–Crippen LogP) is -0.0810. The maximum atomic E-state index is 12.5. The van der Waals surface area contributed by atoms with Crippen LogP contribution in [0.25, 0.3) is 0 Å². The van der Waals surface area contributed by atoms with Gasteiger partial charge in [-0.15, -0.1) is 0 Å². The topological polar surface area (TPSA) is 95.1 Å². The lowest BCUT2D eigenvalue weighted by Gasteiger charge is -2.34. The quantitative estimate of drug-likeness (QED) is 0.684. The Kier molecular flexibility index (Phi) is 4.07. The Balaban J connectivity index is 1.38. The van der Waals surface area contributed by atoms with Crippen molar-refractivity contribution in [3.05, 3.63) is 35.4 Å². The van der Waals surface area contributed by atoms with Gasteiger partial charge in [0.15, 0.2) is 0 Å². The molecule has 1 aromatic carbocycles. The molecule has 0 N–H and O–H groups in total. The summed E-state index contributed by atoms with van der Waals surface area (Å²) < 4.78 is 25.9. The number of piperazine rings is 1. The molecule has 138 valence electrons. The van der Waals surface area contributed by atoms with Crippen LogP contribution in [-0.2, 0) is 14.8 Å². The van der Waals surface area contributed by atoms with E-state index in [9.17, 15) is 22.8 Å². The van der Waals surface area contributed by atoms with Crippen molar-refractivity contribution in [1.82, 2.24) is 14.1 Å². The Morgan fingerprint density at radius 2 is 1.50 bits per heavy atom. The van der Waals surface area contributed by atoms with E-state index in [-0.39, 0.29) is 43.9 Å². The van der Waals surface area contributed by atoms with Crippen molar-refractivity contribution in [2.24, 2.45) is 0 Å². The molecule has 0 spiro atoms. The fourth-order valence-electron chi connectivity index (χ4n) is 3.39. The van der Waals surface area contributed by atoms with Crippen LogP contribution < -0.4 is 0 Å². The van der Waals surface area contributed by atoms with Crippen molar-refractivity contribution < 1.29 is 22.8 Å². The fraction of sp³-hybridized carbons (Fsp3) is 0.471.